The summed E-state index contributed by atoms with van der Waals surface area (Å²) in [5.74, 6) is 0.244. The normalized spacial score (nSPS) is 10.4. The number of carbonyl (C=O) groups is 1. The number of aryl methyl sites for hydroxylation is 1. The molecular formula is C14H17N3O2. The molecule has 0 saturated carbocycles. The molecule has 0 radical (unpaired) electrons. The molecule has 0 aliphatic rings. The minimum Gasteiger partial charge on any atom is -0.486 e. The second-order valence-electron chi connectivity index (χ2n) is 4.25. The van der Waals surface area contributed by atoms with E-state index < -0.39 is 5.91 Å². The Kier molecular flexibility index (Phi) is 4.18. The molecule has 0 atom stereocenters. The van der Waals surface area contributed by atoms with Crippen LogP contribution in [0.4, 0.5) is 0 Å². The van der Waals surface area contributed by atoms with E-state index in [1.807, 2.05) is 23.0 Å². The fraction of sp³-hybridized carbons (Fsp3) is 0.286. The van der Waals surface area contributed by atoms with Gasteiger partial charge in [-0.1, -0.05) is 25.1 Å². The molecule has 0 aliphatic heterocycles. The van der Waals surface area contributed by atoms with E-state index >= 15 is 0 Å². The molecule has 19 heavy (non-hydrogen) atoms. The first-order valence-corrected chi connectivity index (χ1v) is 6.23. The Balaban J connectivity index is 2.03. The SMILES string of the molecule is CCCn1cc(OCc2ccccc2C(N)=O)cn1. The number of rotatable bonds is 6. The smallest absolute Gasteiger partial charge is 0.249 e. The standard InChI is InChI=1S/C14H17N3O2/c1-2-7-17-9-12(8-16-17)19-10-11-5-3-4-6-13(11)14(15)18/h3-6,8-9H,2,7,10H2,1H3,(H2,15,18). The lowest BCUT2D eigenvalue weighted by molar-refractivity contribution is 0.0998. The summed E-state index contributed by atoms with van der Waals surface area (Å²) in [6.07, 6.45) is 4.53. The zero-order valence-electron chi connectivity index (χ0n) is 10.9. The van der Waals surface area contributed by atoms with Crippen LogP contribution in [0.1, 0.15) is 29.3 Å². The summed E-state index contributed by atoms with van der Waals surface area (Å²) in [5, 5.41) is 4.18. The van der Waals surface area contributed by atoms with Crippen molar-refractivity contribution in [3.8, 4) is 5.75 Å². The minimum atomic E-state index is -0.444. The molecule has 0 bridgehead atoms. The number of amides is 1. The molecule has 0 spiro atoms. The van der Waals surface area contributed by atoms with Gasteiger partial charge in [-0.3, -0.25) is 9.48 Å². The van der Waals surface area contributed by atoms with E-state index in [1.165, 1.54) is 0 Å². The van der Waals surface area contributed by atoms with Crippen molar-refractivity contribution < 1.29 is 9.53 Å². The molecular weight excluding hydrogens is 242 g/mol. The highest BCUT2D eigenvalue weighted by molar-refractivity contribution is 5.94. The summed E-state index contributed by atoms with van der Waals surface area (Å²) in [5.41, 5.74) is 6.58. The summed E-state index contributed by atoms with van der Waals surface area (Å²) in [6, 6.07) is 7.16. The molecule has 2 rings (SSSR count). The van der Waals surface area contributed by atoms with Crippen LogP contribution < -0.4 is 10.5 Å². The number of ether oxygens (including phenoxy) is 1. The first-order valence-electron chi connectivity index (χ1n) is 6.23. The number of hydrogen-bond donors (Lipinski definition) is 1. The Hall–Kier alpha value is -2.30. The van der Waals surface area contributed by atoms with Gasteiger partial charge in [0.2, 0.25) is 5.91 Å². The van der Waals surface area contributed by atoms with Crippen LogP contribution in [0.5, 0.6) is 5.75 Å². The van der Waals surface area contributed by atoms with Crippen molar-refractivity contribution >= 4 is 5.91 Å². The minimum absolute atomic E-state index is 0.303. The zero-order chi connectivity index (χ0) is 13.7. The van der Waals surface area contributed by atoms with Gasteiger partial charge in [-0.25, -0.2) is 0 Å². The van der Waals surface area contributed by atoms with Gasteiger partial charge in [0.25, 0.3) is 0 Å². The van der Waals surface area contributed by atoms with E-state index in [1.54, 1.807) is 18.3 Å². The van der Waals surface area contributed by atoms with Gasteiger partial charge < -0.3 is 10.5 Å². The van der Waals surface area contributed by atoms with Crippen molar-refractivity contribution in [1.82, 2.24) is 9.78 Å². The molecule has 1 heterocycles. The number of hydrogen-bond acceptors (Lipinski definition) is 3. The maximum absolute atomic E-state index is 11.3. The van der Waals surface area contributed by atoms with Crippen LogP contribution in [0.25, 0.3) is 0 Å². The Bertz CT molecular complexity index is 563. The van der Waals surface area contributed by atoms with Crippen molar-refractivity contribution in [2.75, 3.05) is 0 Å². The molecule has 1 amide bonds. The van der Waals surface area contributed by atoms with Gasteiger partial charge in [0.05, 0.1) is 12.4 Å². The maximum atomic E-state index is 11.3. The largest absolute Gasteiger partial charge is 0.486 e. The number of carbonyl (C=O) groups excluding carboxylic acids is 1. The summed E-state index contributed by atoms with van der Waals surface area (Å²) >= 11 is 0. The molecule has 1 aromatic carbocycles. The lowest BCUT2D eigenvalue weighted by Gasteiger charge is -2.07. The van der Waals surface area contributed by atoms with Gasteiger partial charge in [0.1, 0.15) is 6.61 Å². The molecule has 1 aromatic heterocycles. The third kappa shape index (κ3) is 3.34. The van der Waals surface area contributed by atoms with Crippen LogP contribution in [0.15, 0.2) is 36.7 Å². The quantitative estimate of drug-likeness (QED) is 0.862. The molecule has 0 unspecified atom stereocenters. The Labute approximate surface area is 112 Å². The van der Waals surface area contributed by atoms with Crippen LogP contribution in [0.3, 0.4) is 0 Å². The lowest BCUT2D eigenvalue weighted by atomic mass is 10.1. The van der Waals surface area contributed by atoms with Crippen molar-refractivity contribution in [2.24, 2.45) is 5.73 Å². The first-order chi connectivity index (χ1) is 9.20. The second-order valence-corrected chi connectivity index (χ2v) is 4.25. The molecule has 5 heteroatoms. The molecule has 0 fully saturated rings. The summed E-state index contributed by atoms with van der Waals surface area (Å²) in [6.45, 7) is 3.25. The maximum Gasteiger partial charge on any atom is 0.249 e. The summed E-state index contributed by atoms with van der Waals surface area (Å²) in [7, 11) is 0. The zero-order valence-corrected chi connectivity index (χ0v) is 10.9. The molecule has 2 aromatic rings. The van der Waals surface area contributed by atoms with E-state index in [0.29, 0.717) is 17.9 Å². The van der Waals surface area contributed by atoms with E-state index in [9.17, 15) is 4.79 Å². The van der Waals surface area contributed by atoms with E-state index in [-0.39, 0.29) is 0 Å². The van der Waals surface area contributed by atoms with E-state index in [4.69, 9.17) is 10.5 Å². The average Bonchev–Trinajstić information content (AvgIpc) is 2.85. The highest BCUT2D eigenvalue weighted by atomic mass is 16.5. The van der Waals surface area contributed by atoms with Crippen molar-refractivity contribution in [2.45, 2.75) is 26.5 Å². The van der Waals surface area contributed by atoms with Gasteiger partial charge >= 0.3 is 0 Å². The van der Waals surface area contributed by atoms with E-state index in [2.05, 4.69) is 12.0 Å². The summed E-state index contributed by atoms with van der Waals surface area (Å²) < 4.78 is 7.45. The van der Waals surface area contributed by atoms with Crippen molar-refractivity contribution in [3.63, 3.8) is 0 Å². The third-order valence-electron chi connectivity index (χ3n) is 2.74. The van der Waals surface area contributed by atoms with Gasteiger partial charge in [-0.2, -0.15) is 5.10 Å². The Morgan fingerprint density at radius 3 is 2.95 bits per heavy atom. The lowest BCUT2D eigenvalue weighted by Crippen LogP contribution is -2.14. The monoisotopic (exact) mass is 259 g/mol. The van der Waals surface area contributed by atoms with Crippen LogP contribution in [-0.4, -0.2) is 15.7 Å². The number of benzene rings is 1. The van der Waals surface area contributed by atoms with Crippen LogP contribution in [0, 0.1) is 0 Å². The van der Waals surface area contributed by atoms with Crippen molar-refractivity contribution in [1.29, 1.82) is 0 Å². The van der Waals surface area contributed by atoms with Crippen LogP contribution in [0.2, 0.25) is 0 Å². The number of aromatic nitrogens is 2. The molecule has 0 saturated heterocycles. The fourth-order valence-electron chi connectivity index (χ4n) is 1.82. The third-order valence-corrected chi connectivity index (χ3v) is 2.74. The first kappa shape index (κ1) is 13.1. The molecule has 0 aliphatic carbocycles. The fourth-order valence-corrected chi connectivity index (χ4v) is 1.82. The highest BCUT2D eigenvalue weighted by Gasteiger charge is 2.08. The van der Waals surface area contributed by atoms with E-state index in [0.717, 1.165) is 18.5 Å². The predicted molar refractivity (Wildman–Crippen MR) is 71.8 cm³/mol. The second kappa shape index (κ2) is 6.04. The molecule has 5 nitrogen and oxygen atoms in total. The van der Waals surface area contributed by atoms with Gasteiger partial charge in [0.15, 0.2) is 5.75 Å². The number of primary amides is 1. The summed E-state index contributed by atoms with van der Waals surface area (Å²) in [4.78, 5) is 11.3. The van der Waals surface area contributed by atoms with Gasteiger partial charge in [-0.15, -0.1) is 0 Å². The van der Waals surface area contributed by atoms with Crippen molar-refractivity contribution in [3.05, 3.63) is 47.8 Å². The van der Waals surface area contributed by atoms with Crippen LogP contribution in [-0.2, 0) is 13.2 Å². The van der Waals surface area contributed by atoms with Gasteiger partial charge in [0, 0.05) is 17.7 Å². The highest BCUT2D eigenvalue weighted by Crippen LogP contribution is 2.14. The van der Waals surface area contributed by atoms with Gasteiger partial charge in [-0.05, 0) is 12.5 Å². The molecule has 100 valence electrons. The number of nitrogens with zero attached hydrogens (tertiary/aromatic N) is 2. The molecule has 2 N–H and O–H groups in total. The number of nitrogens with two attached hydrogens (primary N) is 1. The average molecular weight is 259 g/mol. The Morgan fingerprint density at radius 2 is 2.21 bits per heavy atom. The van der Waals surface area contributed by atoms with Crippen LogP contribution >= 0.6 is 0 Å². The predicted octanol–water partition coefficient (Wildman–Crippen LogP) is 1.97. The Morgan fingerprint density at radius 1 is 1.42 bits per heavy atom. The topological polar surface area (TPSA) is 70.1 Å².